The second kappa shape index (κ2) is 6.00. The van der Waals surface area contributed by atoms with Crippen molar-refractivity contribution in [2.24, 2.45) is 11.7 Å². The summed E-state index contributed by atoms with van der Waals surface area (Å²) in [6, 6.07) is 4.66. The van der Waals surface area contributed by atoms with E-state index in [1.54, 1.807) is 13.0 Å². The Hall–Kier alpha value is -1.95. The predicted molar refractivity (Wildman–Crippen MR) is 76.4 cm³/mol. The van der Waals surface area contributed by atoms with Crippen molar-refractivity contribution in [2.75, 3.05) is 5.32 Å². The Morgan fingerprint density at radius 3 is 2.55 bits per heavy atom. The predicted octanol–water partition coefficient (Wildman–Crippen LogP) is 2.36. The van der Waals surface area contributed by atoms with E-state index >= 15 is 0 Å². The van der Waals surface area contributed by atoms with Crippen LogP contribution in [0, 0.1) is 23.0 Å². The van der Waals surface area contributed by atoms with E-state index in [4.69, 9.17) is 5.73 Å². The quantitative estimate of drug-likeness (QED) is 0.654. The standard InChI is InChI=1S/C14H19N3O3/c1-9-8-12(17(19)20)6-7-13(9)16-14(18)10-2-4-11(15)5-3-10/h6-8,10-11H,2-5,15H2,1H3,(H,16,18). The van der Waals surface area contributed by atoms with Crippen molar-refractivity contribution in [3.8, 4) is 0 Å². The molecule has 1 aromatic carbocycles. The van der Waals surface area contributed by atoms with E-state index < -0.39 is 4.92 Å². The molecule has 0 heterocycles. The van der Waals surface area contributed by atoms with E-state index in [2.05, 4.69) is 5.32 Å². The lowest BCUT2D eigenvalue weighted by molar-refractivity contribution is -0.384. The van der Waals surface area contributed by atoms with Gasteiger partial charge in [-0.05, 0) is 44.2 Å². The van der Waals surface area contributed by atoms with Gasteiger partial charge in [-0.3, -0.25) is 14.9 Å². The average Bonchev–Trinajstić information content (AvgIpc) is 2.41. The van der Waals surface area contributed by atoms with E-state index in [1.807, 2.05) is 0 Å². The van der Waals surface area contributed by atoms with Crippen LogP contribution in [0.5, 0.6) is 0 Å². The first-order valence-corrected chi connectivity index (χ1v) is 6.79. The molecule has 0 unspecified atom stereocenters. The number of rotatable bonds is 3. The zero-order valence-electron chi connectivity index (χ0n) is 11.5. The summed E-state index contributed by atoms with van der Waals surface area (Å²) in [4.78, 5) is 22.4. The fourth-order valence-electron chi connectivity index (χ4n) is 2.52. The first kappa shape index (κ1) is 14.5. The maximum absolute atomic E-state index is 12.2. The highest BCUT2D eigenvalue weighted by atomic mass is 16.6. The second-order valence-electron chi connectivity index (χ2n) is 5.36. The molecule has 2 rings (SSSR count). The van der Waals surface area contributed by atoms with Crippen LogP contribution in [-0.2, 0) is 4.79 Å². The first-order valence-electron chi connectivity index (χ1n) is 6.79. The van der Waals surface area contributed by atoms with E-state index in [0.717, 1.165) is 25.7 Å². The van der Waals surface area contributed by atoms with E-state index in [9.17, 15) is 14.9 Å². The number of nitro benzene ring substituents is 1. The van der Waals surface area contributed by atoms with Gasteiger partial charge in [-0.15, -0.1) is 0 Å². The molecule has 1 aromatic rings. The lowest BCUT2D eigenvalue weighted by Crippen LogP contribution is -2.32. The zero-order chi connectivity index (χ0) is 14.7. The molecule has 1 fully saturated rings. The van der Waals surface area contributed by atoms with Crippen molar-refractivity contribution in [3.63, 3.8) is 0 Å². The van der Waals surface area contributed by atoms with Crippen LogP contribution in [0.1, 0.15) is 31.2 Å². The summed E-state index contributed by atoms with van der Waals surface area (Å²) in [5.74, 6) is -0.0294. The van der Waals surface area contributed by atoms with Crippen LogP contribution in [0.15, 0.2) is 18.2 Å². The highest BCUT2D eigenvalue weighted by Gasteiger charge is 2.25. The minimum atomic E-state index is -0.443. The Morgan fingerprint density at radius 1 is 1.35 bits per heavy atom. The van der Waals surface area contributed by atoms with Gasteiger partial charge in [0.05, 0.1) is 4.92 Å². The Kier molecular flexibility index (Phi) is 4.34. The van der Waals surface area contributed by atoms with Crippen LogP contribution in [0.4, 0.5) is 11.4 Å². The summed E-state index contributed by atoms with van der Waals surface area (Å²) < 4.78 is 0. The number of nitrogens with zero attached hydrogens (tertiary/aromatic N) is 1. The minimum absolute atomic E-state index is 0.00982. The minimum Gasteiger partial charge on any atom is -0.328 e. The Bertz CT molecular complexity index is 522. The summed E-state index contributed by atoms with van der Waals surface area (Å²) in [6.07, 6.45) is 3.35. The molecule has 20 heavy (non-hydrogen) atoms. The maximum atomic E-state index is 12.2. The molecule has 0 atom stereocenters. The number of nitro groups is 1. The van der Waals surface area contributed by atoms with E-state index in [1.165, 1.54) is 12.1 Å². The number of non-ortho nitro benzene ring substituents is 1. The number of benzene rings is 1. The summed E-state index contributed by atoms with van der Waals surface area (Å²) in [7, 11) is 0. The fraction of sp³-hybridized carbons (Fsp3) is 0.500. The molecular weight excluding hydrogens is 258 g/mol. The molecule has 1 amide bonds. The van der Waals surface area contributed by atoms with Crippen molar-refractivity contribution in [1.29, 1.82) is 0 Å². The molecule has 6 heteroatoms. The average molecular weight is 277 g/mol. The number of hydrogen-bond donors (Lipinski definition) is 2. The van der Waals surface area contributed by atoms with Crippen LogP contribution in [0.2, 0.25) is 0 Å². The highest BCUT2D eigenvalue weighted by Crippen LogP contribution is 2.26. The third kappa shape index (κ3) is 3.33. The Balaban J connectivity index is 2.02. The molecule has 0 aromatic heterocycles. The van der Waals surface area contributed by atoms with E-state index in [-0.39, 0.29) is 23.6 Å². The topological polar surface area (TPSA) is 98.3 Å². The van der Waals surface area contributed by atoms with Crippen LogP contribution in [0.25, 0.3) is 0 Å². The highest BCUT2D eigenvalue weighted by molar-refractivity contribution is 5.93. The molecule has 3 N–H and O–H groups in total. The van der Waals surface area contributed by atoms with Gasteiger partial charge in [0, 0.05) is 29.8 Å². The summed E-state index contributed by atoms with van der Waals surface area (Å²) in [5.41, 5.74) is 7.18. The molecule has 0 saturated heterocycles. The molecular formula is C14H19N3O3. The van der Waals surface area contributed by atoms with Crippen molar-refractivity contribution >= 4 is 17.3 Å². The smallest absolute Gasteiger partial charge is 0.269 e. The second-order valence-corrected chi connectivity index (χ2v) is 5.36. The molecule has 108 valence electrons. The number of nitrogens with two attached hydrogens (primary N) is 1. The van der Waals surface area contributed by atoms with Gasteiger partial charge < -0.3 is 11.1 Å². The number of carbonyl (C=O) groups is 1. The number of carbonyl (C=O) groups excluding carboxylic acids is 1. The SMILES string of the molecule is Cc1cc([N+](=O)[O-])ccc1NC(=O)C1CCC(N)CC1. The third-order valence-electron chi connectivity index (χ3n) is 3.82. The maximum Gasteiger partial charge on any atom is 0.269 e. The lowest BCUT2D eigenvalue weighted by Gasteiger charge is -2.25. The van der Waals surface area contributed by atoms with Crippen molar-refractivity contribution in [3.05, 3.63) is 33.9 Å². The molecule has 0 bridgehead atoms. The van der Waals surface area contributed by atoms with Crippen LogP contribution < -0.4 is 11.1 Å². The van der Waals surface area contributed by atoms with Gasteiger partial charge in [-0.25, -0.2) is 0 Å². The number of amides is 1. The van der Waals surface area contributed by atoms with Crippen molar-refractivity contribution in [2.45, 2.75) is 38.6 Å². The summed E-state index contributed by atoms with van der Waals surface area (Å²) in [6.45, 7) is 1.75. The monoisotopic (exact) mass is 277 g/mol. The fourth-order valence-corrected chi connectivity index (χ4v) is 2.52. The number of aryl methyl sites for hydroxylation is 1. The van der Waals surface area contributed by atoms with Crippen LogP contribution in [0.3, 0.4) is 0 Å². The van der Waals surface area contributed by atoms with Gasteiger partial charge in [0.25, 0.3) is 5.69 Å². The van der Waals surface area contributed by atoms with Gasteiger partial charge in [-0.1, -0.05) is 0 Å². The first-order chi connectivity index (χ1) is 9.47. The van der Waals surface area contributed by atoms with Gasteiger partial charge in [0.1, 0.15) is 0 Å². The van der Waals surface area contributed by atoms with Gasteiger partial charge in [-0.2, -0.15) is 0 Å². The van der Waals surface area contributed by atoms with Crippen LogP contribution >= 0.6 is 0 Å². The van der Waals surface area contributed by atoms with Crippen molar-refractivity contribution in [1.82, 2.24) is 0 Å². The summed E-state index contributed by atoms with van der Waals surface area (Å²) >= 11 is 0. The number of anilines is 1. The van der Waals surface area contributed by atoms with Crippen LogP contribution in [-0.4, -0.2) is 16.9 Å². The zero-order valence-corrected chi connectivity index (χ0v) is 11.5. The molecule has 0 radical (unpaired) electrons. The normalized spacial score (nSPS) is 22.3. The van der Waals surface area contributed by atoms with Gasteiger partial charge in [0.15, 0.2) is 0 Å². The summed E-state index contributed by atoms with van der Waals surface area (Å²) in [5, 5.41) is 13.5. The van der Waals surface area contributed by atoms with Gasteiger partial charge >= 0.3 is 0 Å². The molecule has 1 aliphatic rings. The third-order valence-corrected chi connectivity index (χ3v) is 3.82. The number of hydrogen-bond acceptors (Lipinski definition) is 4. The van der Waals surface area contributed by atoms with Gasteiger partial charge in [0.2, 0.25) is 5.91 Å². The lowest BCUT2D eigenvalue weighted by atomic mass is 9.86. The number of nitrogens with one attached hydrogen (secondary N) is 1. The largest absolute Gasteiger partial charge is 0.328 e. The molecule has 0 spiro atoms. The molecule has 6 nitrogen and oxygen atoms in total. The molecule has 1 saturated carbocycles. The Morgan fingerprint density at radius 2 is 2.00 bits per heavy atom. The van der Waals surface area contributed by atoms with E-state index in [0.29, 0.717) is 11.3 Å². The molecule has 0 aliphatic heterocycles. The Labute approximate surface area is 117 Å². The van der Waals surface area contributed by atoms with Crippen molar-refractivity contribution < 1.29 is 9.72 Å². The molecule has 1 aliphatic carbocycles.